The smallest absolute Gasteiger partial charge is 0.163 e. The highest BCUT2D eigenvalue weighted by Gasteiger charge is 2.21. The topological polar surface area (TPSA) is 53.0 Å². The number of β-amino-alcohol motifs (C(OH)–C–C–N with tert-alkyl or cyclic N) is 1. The number of anilines is 1. The van der Waals surface area contributed by atoms with E-state index in [1.165, 1.54) is 13.0 Å². The molecule has 8 heteroatoms. The fourth-order valence-electron chi connectivity index (χ4n) is 3.30. The molecule has 1 unspecified atom stereocenters. The Morgan fingerprint density at radius 1 is 1.07 bits per heavy atom. The zero-order chi connectivity index (χ0) is 19.2. The molecule has 0 bridgehead atoms. The van der Waals surface area contributed by atoms with E-state index in [4.69, 9.17) is 4.74 Å². The van der Waals surface area contributed by atoms with E-state index < -0.39 is 6.10 Å². The van der Waals surface area contributed by atoms with Crippen molar-refractivity contribution < 1.29 is 19.0 Å². The van der Waals surface area contributed by atoms with Crippen LogP contribution in [0.1, 0.15) is 17.3 Å². The molecule has 1 aliphatic heterocycles. The molecule has 1 aliphatic rings. The maximum Gasteiger partial charge on any atom is 0.163 e. The van der Waals surface area contributed by atoms with Gasteiger partial charge in [-0.25, -0.2) is 4.39 Å². The molecular formula is C21H27Cl2FN2O3. The highest BCUT2D eigenvalue weighted by molar-refractivity contribution is 5.96. The van der Waals surface area contributed by atoms with Crippen LogP contribution in [-0.4, -0.2) is 61.2 Å². The van der Waals surface area contributed by atoms with Gasteiger partial charge in [0.25, 0.3) is 0 Å². The van der Waals surface area contributed by atoms with Gasteiger partial charge in [0.2, 0.25) is 0 Å². The third kappa shape index (κ3) is 6.85. The third-order valence-corrected chi connectivity index (χ3v) is 4.73. The van der Waals surface area contributed by atoms with Crippen molar-refractivity contribution in [3.8, 4) is 5.75 Å². The first-order valence-corrected chi connectivity index (χ1v) is 9.17. The van der Waals surface area contributed by atoms with Crippen molar-refractivity contribution >= 4 is 36.3 Å². The molecular weight excluding hydrogens is 418 g/mol. The van der Waals surface area contributed by atoms with E-state index in [1.807, 2.05) is 11.0 Å². The Morgan fingerprint density at radius 3 is 2.34 bits per heavy atom. The van der Waals surface area contributed by atoms with E-state index in [0.29, 0.717) is 36.6 Å². The maximum atomic E-state index is 13.9. The number of aliphatic hydroxyl groups excluding tert-OH is 1. The number of carbonyl (C=O) groups excluding carboxylic acids is 1. The molecule has 1 saturated heterocycles. The lowest BCUT2D eigenvalue weighted by Gasteiger charge is -2.37. The van der Waals surface area contributed by atoms with Crippen molar-refractivity contribution in [1.29, 1.82) is 0 Å². The summed E-state index contributed by atoms with van der Waals surface area (Å²) in [6.07, 6.45) is -0.662. The number of hydrogen-bond acceptors (Lipinski definition) is 5. The average molecular weight is 445 g/mol. The van der Waals surface area contributed by atoms with Crippen LogP contribution in [0.25, 0.3) is 0 Å². The SMILES string of the molecule is CC(=O)c1ccccc1OCC(O)CN1CCN(c2ccccc2F)CC1.Cl.Cl. The van der Waals surface area contributed by atoms with E-state index in [0.717, 1.165) is 13.1 Å². The zero-order valence-electron chi connectivity index (χ0n) is 16.3. The molecule has 160 valence electrons. The third-order valence-electron chi connectivity index (χ3n) is 4.73. The molecule has 2 aromatic carbocycles. The summed E-state index contributed by atoms with van der Waals surface area (Å²) >= 11 is 0. The van der Waals surface area contributed by atoms with E-state index in [1.54, 1.807) is 36.4 Å². The van der Waals surface area contributed by atoms with Gasteiger partial charge in [-0.2, -0.15) is 0 Å². The number of piperazine rings is 1. The lowest BCUT2D eigenvalue weighted by atomic mass is 10.1. The van der Waals surface area contributed by atoms with Gasteiger partial charge in [-0.15, -0.1) is 24.8 Å². The number of rotatable bonds is 7. The van der Waals surface area contributed by atoms with Gasteiger partial charge in [-0.3, -0.25) is 9.69 Å². The number of hydrogen-bond donors (Lipinski definition) is 1. The summed E-state index contributed by atoms with van der Waals surface area (Å²) in [4.78, 5) is 15.8. The minimum absolute atomic E-state index is 0. The van der Waals surface area contributed by atoms with Crippen molar-refractivity contribution in [1.82, 2.24) is 4.90 Å². The quantitative estimate of drug-likeness (QED) is 0.662. The molecule has 1 fully saturated rings. The number of aliphatic hydroxyl groups is 1. The Hall–Kier alpha value is -1.86. The minimum Gasteiger partial charge on any atom is -0.490 e. The molecule has 0 amide bonds. The Kier molecular flexibility index (Phi) is 10.4. The van der Waals surface area contributed by atoms with Crippen molar-refractivity contribution in [2.24, 2.45) is 0 Å². The van der Waals surface area contributed by atoms with E-state index >= 15 is 0 Å². The average Bonchev–Trinajstić information content (AvgIpc) is 2.68. The van der Waals surface area contributed by atoms with Crippen LogP contribution in [-0.2, 0) is 0 Å². The van der Waals surface area contributed by atoms with Crippen LogP contribution in [0.3, 0.4) is 0 Å². The zero-order valence-corrected chi connectivity index (χ0v) is 17.9. The predicted molar refractivity (Wildman–Crippen MR) is 117 cm³/mol. The molecule has 0 radical (unpaired) electrons. The van der Waals surface area contributed by atoms with E-state index in [-0.39, 0.29) is 43.0 Å². The summed E-state index contributed by atoms with van der Waals surface area (Å²) in [6.45, 7) is 5.01. The van der Waals surface area contributed by atoms with Gasteiger partial charge in [-0.05, 0) is 31.2 Å². The lowest BCUT2D eigenvalue weighted by Crippen LogP contribution is -2.49. The van der Waals surface area contributed by atoms with Gasteiger partial charge < -0.3 is 14.7 Å². The summed E-state index contributed by atoms with van der Waals surface area (Å²) in [7, 11) is 0. The van der Waals surface area contributed by atoms with Gasteiger partial charge in [0.05, 0.1) is 11.3 Å². The Labute approximate surface area is 183 Å². The number of ketones is 1. The van der Waals surface area contributed by atoms with Crippen molar-refractivity contribution in [2.45, 2.75) is 13.0 Å². The number of nitrogens with zero attached hydrogens (tertiary/aromatic N) is 2. The number of Topliss-reactive ketones (excluding diaryl/α,β-unsaturated/α-hetero) is 1. The lowest BCUT2D eigenvalue weighted by molar-refractivity contribution is 0.0656. The Morgan fingerprint density at radius 2 is 1.69 bits per heavy atom. The summed E-state index contributed by atoms with van der Waals surface area (Å²) in [6, 6.07) is 13.8. The molecule has 5 nitrogen and oxygen atoms in total. The first-order valence-electron chi connectivity index (χ1n) is 9.17. The van der Waals surface area contributed by atoms with E-state index in [2.05, 4.69) is 4.90 Å². The van der Waals surface area contributed by atoms with Crippen LogP contribution in [0, 0.1) is 5.82 Å². The van der Waals surface area contributed by atoms with Crippen molar-refractivity contribution in [3.05, 3.63) is 59.9 Å². The first kappa shape index (κ1) is 25.2. The molecule has 0 aromatic heterocycles. The van der Waals surface area contributed by atoms with Gasteiger partial charge in [0.1, 0.15) is 24.3 Å². The van der Waals surface area contributed by atoms with Crippen LogP contribution in [0.2, 0.25) is 0 Å². The highest BCUT2D eigenvalue weighted by Crippen LogP contribution is 2.21. The number of para-hydroxylation sites is 2. The van der Waals surface area contributed by atoms with Crippen LogP contribution in [0.5, 0.6) is 5.75 Å². The molecule has 1 atom stereocenters. The number of benzene rings is 2. The standard InChI is InChI=1S/C21H25FN2O3.2ClH/c1-16(25)18-6-2-5-9-21(18)27-15-17(26)14-23-10-12-24(13-11-23)20-8-4-3-7-19(20)22;;/h2-9,17,26H,10-15H2,1H3;2*1H. The van der Waals surface area contributed by atoms with Crippen LogP contribution >= 0.6 is 24.8 Å². The predicted octanol–water partition coefficient (Wildman–Crippen LogP) is 3.43. The molecule has 2 aromatic rings. The second-order valence-electron chi connectivity index (χ2n) is 6.76. The van der Waals surface area contributed by atoms with Gasteiger partial charge in [-0.1, -0.05) is 24.3 Å². The molecule has 0 aliphatic carbocycles. The second kappa shape index (κ2) is 12.0. The second-order valence-corrected chi connectivity index (χ2v) is 6.76. The van der Waals surface area contributed by atoms with Gasteiger partial charge >= 0.3 is 0 Å². The first-order chi connectivity index (χ1) is 13.0. The fraction of sp³-hybridized carbons (Fsp3) is 0.381. The van der Waals surface area contributed by atoms with Gasteiger partial charge in [0, 0.05) is 32.7 Å². The Bertz CT molecular complexity index is 786. The van der Waals surface area contributed by atoms with Crippen LogP contribution in [0.4, 0.5) is 10.1 Å². The van der Waals surface area contributed by atoms with E-state index in [9.17, 15) is 14.3 Å². The normalized spacial score (nSPS) is 15.1. The number of halogens is 3. The molecule has 0 spiro atoms. The molecule has 3 rings (SSSR count). The largest absolute Gasteiger partial charge is 0.490 e. The highest BCUT2D eigenvalue weighted by atomic mass is 35.5. The van der Waals surface area contributed by atoms with Crippen LogP contribution < -0.4 is 9.64 Å². The van der Waals surface area contributed by atoms with Crippen LogP contribution in [0.15, 0.2) is 48.5 Å². The summed E-state index contributed by atoms with van der Waals surface area (Å²) in [5.41, 5.74) is 1.14. The van der Waals surface area contributed by atoms with Gasteiger partial charge in [0.15, 0.2) is 5.78 Å². The molecule has 29 heavy (non-hydrogen) atoms. The van der Waals surface area contributed by atoms with Crippen molar-refractivity contribution in [2.75, 3.05) is 44.2 Å². The molecule has 1 N–H and O–H groups in total. The Balaban J connectivity index is 0.00000210. The molecule has 1 heterocycles. The molecule has 0 saturated carbocycles. The fourth-order valence-corrected chi connectivity index (χ4v) is 3.30. The maximum absolute atomic E-state index is 13.9. The number of ether oxygens (including phenoxy) is 1. The monoisotopic (exact) mass is 444 g/mol. The summed E-state index contributed by atoms with van der Waals surface area (Å²) < 4.78 is 19.5. The summed E-state index contributed by atoms with van der Waals surface area (Å²) in [5.74, 6) is 0.223. The minimum atomic E-state index is -0.662. The number of carbonyl (C=O) groups is 1. The van der Waals surface area contributed by atoms with Crippen molar-refractivity contribution in [3.63, 3.8) is 0 Å². The summed E-state index contributed by atoms with van der Waals surface area (Å²) in [5, 5.41) is 10.3.